The van der Waals surface area contributed by atoms with Crippen molar-refractivity contribution in [3.8, 4) is 11.5 Å². The van der Waals surface area contributed by atoms with Crippen molar-refractivity contribution in [2.75, 3.05) is 20.8 Å². The highest BCUT2D eigenvalue weighted by Crippen LogP contribution is 2.15. The number of ether oxygens (including phenoxy) is 3. The van der Waals surface area contributed by atoms with E-state index in [1.807, 2.05) is 0 Å². The van der Waals surface area contributed by atoms with Crippen molar-refractivity contribution < 1.29 is 32.2 Å². The van der Waals surface area contributed by atoms with Crippen LogP contribution in [0.5, 0.6) is 11.5 Å². The number of rotatable bonds is 10. The minimum absolute atomic E-state index is 0.107. The molecule has 9 nitrogen and oxygen atoms in total. The first-order valence-electron chi connectivity index (χ1n) is 8.52. The number of hydrogen-bond donors (Lipinski definition) is 1. The van der Waals surface area contributed by atoms with Crippen molar-refractivity contribution in [2.45, 2.75) is 13.2 Å². The molecule has 0 saturated carbocycles. The Morgan fingerprint density at radius 3 is 1.97 bits per heavy atom. The molecular formula is C19H22N2O7S. The van der Waals surface area contributed by atoms with E-state index in [1.165, 1.54) is 14.2 Å². The van der Waals surface area contributed by atoms with E-state index in [-0.39, 0.29) is 13.2 Å². The van der Waals surface area contributed by atoms with Crippen LogP contribution in [-0.2, 0) is 32.9 Å². The second-order valence-electron chi connectivity index (χ2n) is 5.84. The summed E-state index contributed by atoms with van der Waals surface area (Å²) in [5.41, 5.74) is 1.27. The molecule has 0 aromatic heterocycles. The van der Waals surface area contributed by atoms with Crippen LogP contribution in [0, 0.1) is 0 Å². The Morgan fingerprint density at radius 1 is 0.966 bits per heavy atom. The number of aldehydes is 1. The van der Waals surface area contributed by atoms with E-state index < -0.39 is 22.8 Å². The second kappa shape index (κ2) is 10.4. The highest BCUT2D eigenvalue weighted by Gasteiger charge is 2.25. The number of benzene rings is 2. The topological polar surface area (TPSA) is 111 Å². The Bertz CT molecular complexity index is 913. The van der Waals surface area contributed by atoms with Gasteiger partial charge in [-0.05, 0) is 35.4 Å². The zero-order chi connectivity index (χ0) is 21.3. The fraction of sp³-hybridized carbons (Fsp3) is 0.263. The minimum Gasteiger partial charge on any atom is -0.497 e. The zero-order valence-corrected chi connectivity index (χ0v) is 16.8. The van der Waals surface area contributed by atoms with Crippen LogP contribution in [0.1, 0.15) is 11.1 Å². The molecule has 2 aromatic carbocycles. The summed E-state index contributed by atoms with van der Waals surface area (Å²) < 4.78 is 42.6. The van der Waals surface area contributed by atoms with E-state index in [0.717, 1.165) is 4.31 Å². The quantitative estimate of drug-likeness (QED) is 0.582. The van der Waals surface area contributed by atoms with Gasteiger partial charge in [0.05, 0.1) is 20.8 Å². The molecule has 0 bridgehead atoms. The number of nitrogens with one attached hydrogen (secondary N) is 1. The predicted octanol–water partition coefficient (Wildman–Crippen LogP) is 1.88. The van der Waals surface area contributed by atoms with Gasteiger partial charge in [0.1, 0.15) is 24.4 Å². The number of amides is 1. The molecule has 0 heterocycles. The van der Waals surface area contributed by atoms with Gasteiger partial charge in [0.25, 0.3) is 0 Å². The standard InChI is InChI=1S/C19H22N2O7S/c1-26-17-7-3-15(4-8-17)13-21(11-12-22)29(24,25)20-19(23)28-14-16-5-9-18(27-2)10-6-16/h3-10,12H,11,13-14H2,1-2H3,(H,20,23). The van der Waals surface area contributed by atoms with E-state index in [9.17, 15) is 18.0 Å². The molecule has 2 aromatic rings. The Labute approximate surface area is 169 Å². The van der Waals surface area contributed by atoms with Gasteiger partial charge >= 0.3 is 16.3 Å². The van der Waals surface area contributed by atoms with E-state index in [4.69, 9.17) is 14.2 Å². The Morgan fingerprint density at radius 2 is 1.48 bits per heavy atom. The van der Waals surface area contributed by atoms with Crippen LogP contribution in [0.25, 0.3) is 0 Å². The van der Waals surface area contributed by atoms with Gasteiger partial charge in [-0.3, -0.25) is 0 Å². The monoisotopic (exact) mass is 422 g/mol. The summed E-state index contributed by atoms with van der Waals surface area (Å²) in [7, 11) is -1.24. The molecule has 0 atom stereocenters. The van der Waals surface area contributed by atoms with Crippen LogP contribution in [-0.4, -0.2) is 45.9 Å². The molecule has 156 valence electrons. The normalized spacial score (nSPS) is 11.0. The van der Waals surface area contributed by atoms with Gasteiger partial charge in [-0.25, -0.2) is 9.52 Å². The largest absolute Gasteiger partial charge is 0.497 e. The fourth-order valence-electron chi connectivity index (χ4n) is 2.34. The first kappa shape index (κ1) is 22.2. The smallest absolute Gasteiger partial charge is 0.422 e. The predicted molar refractivity (Wildman–Crippen MR) is 105 cm³/mol. The lowest BCUT2D eigenvalue weighted by Gasteiger charge is -2.20. The molecule has 0 radical (unpaired) electrons. The van der Waals surface area contributed by atoms with Gasteiger partial charge in [-0.2, -0.15) is 12.7 Å². The Kier molecular flexibility index (Phi) is 7.98. The molecule has 10 heteroatoms. The molecule has 0 fully saturated rings. The van der Waals surface area contributed by atoms with Gasteiger partial charge < -0.3 is 19.0 Å². The average molecular weight is 422 g/mol. The van der Waals surface area contributed by atoms with Gasteiger partial charge in [0.15, 0.2) is 0 Å². The SMILES string of the molecule is COc1ccc(COC(=O)NS(=O)(=O)N(CC=O)Cc2ccc(OC)cc2)cc1. The van der Waals surface area contributed by atoms with E-state index in [1.54, 1.807) is 53.3 Å². The lowest BCUT2D eigenvalue weighted by atomic mass is 10.2. The summed E-state index contributed by atoms with van der Waals surface area (Å²) in [6.07, 6.45) is -0.711. The molecule has 29 heavy (non-hydrogen) atoms. The summed E-state index contributed by atoms with van der Waals surface area (Å²) in [5, 5.41) is 0. The van der Waals surface area contributed by atoms with Gasteiger partial charge in [-0.15, -0.1) is 0 Å². The van der Waals surface area contributed by atoms with Crippen LogP contribution < -0.4 is 14.2 Å². The lowest BCUT2D eigenvalue weighted by Crippen LogP contribution is -2.44. The molecule has 1 amide bonds. The van der Waals surface area contributed by atoms with Gasteiger partial charge in [-0.1, -0.05) is 24.3 Å². The molecule has 0 saturated heterocycles. The summed E-state index contributed by atoms with van der Waals surface area (Å²) in [5.74, 6) is 1.25. The second-order valence-corrected chi connectivity index (χ2v) is 7.51. The Hall–Kier alpha value is -3.11. The van der Waals surface area contributed by atoms with Crippen molar-refractivity contribution in [2.24, 2.45) is 0 Å². The third-order valence-corrected chi connectivity index (χ3v) is 5.26. The van der Waals surface area contributed by atoms with Gasteiger partial charge in [0, 0.05) is 6.54 Å². The number of hydrogen-bond acceptors (Lipinski definition) is 7. The van der Waals surface area contributed by atoms with Crippen molar-refractivity contribution >= 4 is 22.6 Å². The van der Waals surface area contributed by atoms with Crippen LogP contribution in [0.15, 0.2) is 48.5 Å². The Balaban J connectivity index is 1.98. The van der Waals surface area contributed by atoms with Crippen molar-refractivity contribution in [3.05, 3.63) is 59.7 Å². The molecule has 1 N–H and O–H groups in total. The van der Waals surface area contributed by atoms with Crippen molar-refractivity contribution in [1.29, 1.82) is 0 Å². The van der Waals surface area contributed by atoms with E-state index in [2.05, 4.69) is 0 Å². The third-order valence-electron chi connectivity index (χ3n) is 3.88. The van der Waals surface area contributed by atoms with Crippen LogP contribution in [0.4, 0.5) is 4.79 Å². The average Bonchev–Trinajstić information content (AvgIpc) is 2.72. The molecule has 2 rings (SSSR count). The highest BCUT2D eigenvalue weighted by molar-refractivity contribution is 7.87. The summed E-state index contributed by atoms with van der Waals surface area (Å²) in [6.45, 7) is -0.658. The maximum absolute atomic E-state index is 12.5. The van der Waals surface area contributed by atoms with E-state index in [0.29, 0.717) is 28.9 Å². The molecule has 0 unspecified atom stereocenters. The molecule has 0 spiro atoms. The van der Waals surface area contributed by atoms with Crippen LogP contribution >= 0.6 is 0 Å². The number of nitrogens with zero attached hydrogens (tertiary/aromatic N) is 1. The van der Waals surface area contributed by atoms with Crippen LogP contribution in [0.3, 0.4) is 0 Å². The van der Waals surface area contributed by atoms with Crippen LogP contribution in [0.2, 0.25) is 0 Å². The fourth-order valence-corrected chi connectivity index (χ4v) is 3.31. The van der Waals surface area contributed by atoms with Crippen molar-refractivity contribution in [1.82, 2.24) is 9.03 Å². The maximum Gasteiger partial charge on any atom is 0.422 e. The maximum atomic E-state index is 12.5. The zero-order valence-electron chi connectivity index (χ0n) is 16.0. The molecule has 0 aliphatic carbocycles. The number of methoxy groups -OCH3 is 2. The first-order chi connectivity index (χ1) is 13.9. The summed E-state index contributed by atoms with van der Waals surface area (Å²) >= 11 is 0. The molecule has 0 aliphatic rings. The summed E-state index contributed by atoms with van der Waals surface area (Å²) in [4.78, 5) is 22.9. The molecular weight excluding hydrogens is 400 g/mol. The summed E-state index contributed by atoms with van der Waals surface area (Å²) in [6, 6.07) is 13.4. The third kappa shape index (κ3) is 6.77. The number of carbonyl (C=O) groups excluding carboxylic acids is 2. The van der Waals surface area contributed by atoms with Crippen molar-refractivity contribution in [3.63, 3.8) is 0 Å². The highest BCUT2D eigenvalue weighted by atomic mass is 32.2. The number of carbonyl (C=O) groups is 2. The van der Waals surface area contributed by atoms with Gasteiger partial charge in [0.2, 0.25) is 0 Å². The van der Waals surface area contributed by atoms with E-state index >= 15 is 0 Å². The lowest BCUT2D eigenvalue weighted by molar-refractivity contribution is -0.108. The molecule has 0 aliphatic heterocycles. The minimum atomic E-state index is -4.29. The first-order valence-corrected chi connectivity index (χ1v) is 9.96.